The van der Waals surface area contributed by atoms with Crippen LogP contribution in [0.4, 0.5) is 10.1 Å². The van der Waals surface area contributed by atoms with Crippen molar-refractivity contribution < 1.29 is 19.0 Å². The molecule has 0 radical (unpaired) electrons. The van der Waals surface area contributed by atoms with Crippen LogP contribution < -0.4 is 10.1 Å². The number of ether oxygens (including phenoxy) is 1. The first-order valence-electron chi connectivity index (χ1n) is 6.59. The highest BCUT2D eigenvalue weighted by Crippen LogP contribution is 2.25. The molecule has 0 aliphatic carbocycles. The smallest absolute Gasteiger partial charge is 0.274 e. The Bertz CT molecular complexity index is 806. The Labute approximate surface area is 136 Å². The molecule has 1 amide bonds. The van der Waals surface area contributed by atoms with E-state index in [0.717, 1.165) is 18.2 Å². The van der Waals surface area contributed by atoms with Crippen molar-refractivity contribution in [3.63, 3.8) is 0 Å². The number of aromatic nitrogens is 2. The van der Waals surface area contributed by atoms with Crippen molar-refractivity contribution in [2.24, 2.45) is 4.99 Å². The standard InChI is InChI=1S/C16H13FN4O3/c1-10(22)3-15(18-2)16(23)21-12-4-11(17)5-13(6-12)24-14-7-19-9-20-8-14/h3-9,22H,1-2H2,(H,21,23)/b15-3-. The summed E-state index contributed by atoms with van der Waals surface area (Å²) in [4.78, 5) is 23.0. The zero-order valence-corrected chi connectivity index (χ0v) is 12.4. The molecule has 1 aromatic heterocycles. The lowest BCUT2D eigenvalue weighted by molar-refractivity contribution is -0.112. The molecule has 0 spiro atoms. The van der Waals surface area contributed by atoms with Crippen molar-refractivity contribution in [2.45, 2.75) is 0 Å². The van der Waals surface area contributed by atoms with Gasteiger partial charge in [0.25, 0.3) is 5.91 Å². The number of hydrogen-bond acceptors (Lipinski definition) is 6. The van der Waals surface area contributed by atoms with E-state index in [1.54, 1.807) is 0 Å². The van der Waals surface area contributed by atoms with Crippen molar-refractivity contribution in [1.82, 2.24) is 9.97 Å². The molecule has 122 valence electrons. The van der Waals surface area contributed by atoms with Crippen LogP contribution in [0.25, 0.3) is 0 Å². The largest absolute Gasteiger partial charge is 0.509 e. The highest BCUT2D eigenvalue weighted by molar-refractivity contribution is 6.04. The topological polar surface area (TPSA) is 96.7 Å². The van der Waals surface area contributed by atoms with Gasteiger partial charge in [-0.2, -0.15) is 0 Å². The number of aliphatic hydroxyl groups excluding tert-OH is 1. The molecule has 2 N–H and O–H groups in total. The lowest BCUT2D eigenvalue weighted by Crippen LogP contribution is -2.13. The molecule has 0 saturated heterocycles. The first-order valence-corrected chi connectivity index (χ1v) is 6.59. The van der Waals surface area contributed by atoms with E-state index in [1.165, 1.54) is 24.8 Å². The molecule has 0 aliphatic rings. The number of amides is 1. The van der Waals surface area contributed by atoms with Gasteiger partial charge in [0.1, 0.15) is 29.4 Å². The number of carbonyl (C=O) groups is 1. The highest BCUT2D eigenvalue weighted by atomic mass is 19.1. The summed E-state index contributed by atoms with van der Waals surface area (Å²) in [5.41, 5.74) is -0.0457. The van der Waals surface area contributed by atoms with Crippen LogP contribution in [0.2, 0.25) is 0 Å². The summed E-state index contributed by atoms with van der Waals surface area (Å²) >= 11 is 0. The van der Waals surface area contributed by atoms with Gasteiger partial charge in [-0.05, 0) is 12.8 Å². The van der Waals surface area contributed by atoms with Crippen molar-refractivity contribution in [3.8, 4) is 11.5 Å². The monoisotopic (exact) mass is 328 g/mol. The van der Waals surface area contributed by atoms with Crippen molar-refractivity contribution in [1.29, 1.82) is 0 Å². The third-order valence-electron chi connectivity index (χ3n) is 2.61. The molecule has 1 heterocycles. The van der Waals surface area contributed by atoms with Gasteiger partial charge in [0, 0.05) is 23.9 Å². The van der Waals surface area contributed by atoms with Crippen LogP contribution in [-0.4, -0.2) is 27.7 Å². The predicted octanol–water partition coefficient (Wildman–Crippen LogP) is 3.00. The fraction of sp³-hybridized carbons (Fsp3) is 0. The Morgan fingerprint density at radius 2 is 2.00 bits per heavy atom. The third-order valence-corrected chi connectivity index (χ3v) is 2.61. The van der Waals surface area contributed by atoms with Crippen LogP contribution in [0.15, 0.2) is 66.0 Å². The second-order valence-corrected chi connectivity index (χ2v) is 4.49. The average Bonchev–Trinajstić information content (AvgIpc) is 2.52. The maximum Gasteiger partial charge on any atom is 0.274 e. The molecule has 8 heteroatoms. The summed E-state index contributed by atoms with van der Waals surface area (Å²) in [7, 11) is 0. The quantitative estimate of drug-likeness (QED) is 0.368. The number of aliphatic imine (C=N–C) groups is 1. The fourth-order valence-corrected chi connectivity index (χ4v) is 1.70. The van der Waals surface area contributed by atoms with Gasteiger partial charge in [-0.3, -0.25) is 9.79 Å². The molecule has 0 fully saturated rings. The Morgan fingerprint density at radius 1 is 1.29 bits per heavy atom. The maximum absolute atomic E-state index is 13.7. The average molecular weight is 328 g/mol. The minimum atomic E-state index is -0.695. The molecule has 2 aromatic rings. The van der Waals surface area contributed by atoms with E-state index in [-0.39, 0.29) is 22.9 Å². The number of nitrogens with zero attached hydrogens (tertiary/aromatic N) is 3. The molecule has 0 saturated carbocycles. The maximum atomic E-state index is 13.7. The van der Waals surface area contributed by atoms with E-state index in [1.807, 2.05) is 0 Å². The van der Waals surface area contributed by atoms with Crippen LogP contribution in [0.1, 0.15) is 0 Å². The number of allylic oxidation sites excluding steroid dienone is 1. The van der Waals surface area contributed by atoms with E-state index in [0.29, 0.717) is 5.75 Å². The van der Waals surface area contributed by atoms with E-state index in [9.17, 15) is 9.18 Å². The molecule has 0 atom stereocenters. The number of aliphatic hydroxyl groups is 1. The minimum Gasteiger partial charge on any atom is -0.509 e. The number of anilines is 1. The van der Waals surface area contributed by atoms with E-state index in [4.69, 9.17) is 9.84 Å². The number of halogens is 1. The number of nitrogens with one attached hydrogen (secondary N) is 1. The van der Waals surface area contributed by atoms with E-state index < -0.39 is 11.7 Å². The van der Waals surface area contributed by atoms with Gasteiger partial charge in [-0.1, -0.05) is 6.58 Å². The van der Waals surface area contributed by atoms with Crippen LogP contribution in [0.3, 0.4) is 0 Å². The summed E-state index contributed by atoms with van der Waals surface area (Å²) < 4.78 is 19.1. The van der Waals surface area contributed by atoms with E-state index >= 15 is 0 Å². The second kappa shape index (κ2) is 7.63. The molecule has 0 bridgehead atoms. The Morgan fingerprint density at radius 3 is 2.62 bits per heavy atom. The molecule has 0 unspecified atom stereocenters. The van der Waals surface area contributed by atoms with Crippen molar-refractivity contribution in [2.75, 3.05) is 5.32 Å². The number of rotatable bonds is 6. The van der Waals surface area contributed by atoms with Crippen molar-refractivity contribution in [3.05, 3.63) is 66.8 Å². The summed E-state index contributed by atoms with van der Waals surface area (Å²) in [6, 6.07) is 3.64. The molecule has 24 heavy (non-hydrogen) atoms. The van der Waals surface area contributed by atoms with Gasteiger partial charge >= 0.3 is 0 Å². The molecular formula is C16H13FN4O3. The first-order chi connectivity index (χ1) is 11.5. The molecule has 2 rings (SSSR count). The fourth-order valence-electron chi connectivity index (χ4n) is 1.70. The molecule has 7 nitrogen and oxygen atoms in total. The Kier molecular flexibility index (Phi) is 5.35. The van der Waals surface area contributed by atoms with Crippen LogP contribution in [-0.2, 0) is 4.79 Å². The lowest BCUT2D eigenvalue weighted by Gasteiger charge is -2.09. The lowest BCUT2D eigenvalue weighted by atomic mass is 10.2. The number of benzene rings is 1. The number of hydrogen-bond donors (Lipinski definition) is 2. The summed E-state index contributed by atoms with van der Waals surface area (Å²) in [5.74, 6) is -1.22. The zero-order valence-electron chi connectivity index (χ0n) is 12.4. The molecule has 0 aliphatic heterocycles. The summed E-state index contributed by atoms with van der Waals surface area (Å²) in [6.07, 6.45) is 5.17. The normalized spacial score (nSPS) is 10.8. The molecule has 1 aromatic carbocycles. The zero-order chi connectivity index (χ0) is 17.5. The van der Waals surface area contributed by atoms with Crippen LogP contribution in [0.5, 0.6) is 11.5 Å². The van der Waals surface area contributed by atoms with Gasteiger partial charge < -0.3 is 15.2 Å². The predicted molar refractivity (Wildman–Crippen MR) is 86.5 cm³/mol. The minimum absolute atomic E-state index is 0.130. The number of carbonyl (C=O) groups excluding carboxylic acids is 1. The second-order valence-electron chi connectivity index (χ2n) is 4.49. The first kappa shape index (κ1) is 16.8. The Balaban J connectivity index is 2.20. The van der Waals surface area contributed by atoms with Crippen LogP contribution >= 0.6 is 0 Å². The van der Waals surface area contributed by atoms with Crippen LogP contribution in [0, 0.1) is 5.82 Å². The highest BCUT2D eigenvalue weighted by Gasteiger charge is 2.11. The Hall–Kier alpha value is -3.55. The summed E-state index contributed by atoms with van der Waals surface area (Å²) in [6.45, 7) is 6.45. The van der Waals surface area contributed by atoms with Gasteiger partial charge in [0.2, 0.25) is 0 Å². The van der Waals surface area contributed by atoms with Gasteiger partial charge in [-0.15, -0.1) is 0 Å². The van der Waals surface area contributed by atoms with Gasteiger partial charge in [0.05, 0.1) is 12.4 Å². The van der Waals surface area contributed by atoms with Gasteiger partial charge in [-0.25, -0.2) is 14.4 Å². The molecular weight excluding hydrogens is 315 g/mol. The summed E-state index contributed by atoms with van der Waals surface area (Å²) in [5, 5.41) is 11.5. The van der Waals surface area contributed by atoms with Gasteiger partial charge in [0.15, 0.2) is 5.75 Å². The van der Waals surface area contributed by atoms with Crippen molar-refractivity contribution >= 4 is 18.3 Å². The third kappa shape index (κ3) is 4.73. The SMILES string of the molecule is C=N/C(=C\C(=C)O)C(=O)Nc1cc(F)cc(Oc2cncnc2)c1. The van der Waals surface area contributed by atoms with E-state index in [2.05, 4.69) is 33.6 Å².